The molecule has 170 valence electrons. The van der Waals surface area contributed by atoms with Gasteiger partial charge in [0, 0.05) is 22.9 Å². The van der Waals surface area contributed by atoms with Gasteiger partial charge in [-0.2, -0.15) is 0 Å². The van der Waals surface area contributed by atoms with Crippen LogP contribution in [-0.2, 0) is 9.59 Å². The number of rotatable bonds is 5. The minimum absolute atomic E-state index is 0.236. The average molecular weight is 440 g/mol. The van der Waals surface area contributed by atoms with Crippen molar-refractivity contribution in [1.29, 1.82) is 0 Å². The quantitative estimate of drug-likeness (QED) is 0.745. The second-order valence-corrected chi connectivity index (χ2v) is 9.17. The number of carbonyl (C=O) groups is 3. The fourth-order valence-corrected chi connectivity index (χ4v) is 3.32. The number of anilines is 2. The highest BCUT2D eigenvalue weighted by molar-refractivity contribution is 6.08. The number of hydrogen-bond acceptors (Lipinski definition) is 5. The SMILES string of the molecule is COc1cccc(NC(=O)CN2C(=O)C(C)(C)Oc3ccc(C(=O)NC(C)(C)C)cc32)c1. The van der Waals surface area contributed by atoms with Crippen LogP contribution in [0.2, 0.25) is 0 Å². The van der Waals surface area contributed by atoms with E-state index in [0.29, 0.717) is 28.4 Å². The second kappa shape index (κ2) is 8.53. The number of hydrogen-bond donors (Lipinski definition) is 2. The fraction of sp³-hybridized carbons (Fsp3) is 0.375. The smallest absolute Gasteiger partial charge is 0.271 e. The summed E-state index contributed by atoms with van der Waals surface area (Å²) in [5, 5.41) is 5.67. The highest BCUT2D eigenvalue weighted by Gasteiger charge is 2.42. The maximum Gasteiger partial charge on any atom is 0.271 e. The van der Waals surface area contributed by atoms with E-state index in [0.717, 1.165) is 0 Å². The maximum absolute atomic E-state index is 13.1. The summed E-state index contributed by atoms with van der Waals surface area (Å²) in [5.41, 5.74) is -0.284. The van der Waals surface area contributed by atoms with Crippen LogP contribution in [-0.4, -0.2) is 42.5 Å². The third-order valence-corrected chi connectivity index (χ3v) is 4.78. The largest absolute Gasteiger partial charge is 0.497 e. The molecule has 8 nitrogen and oxygen atoms in total. The molecule has 3 rings (SSSR count). The minimum Gasteiger partial charge on any atom is -0.497 e. The number of nitrogens with zero attached hydrogens (tertiary/aromatic N) is 1. The third kappa shape index (κ3) is 5.19. The molecule has 1 aliphatic rings. The van der Waals surface area contributed by atoms with Crippen LogP contribution in [0.25, 0.3) is 0 Å². The van der Waals surface area contributed by atoms with E-state index in [4.69, 9.17) is 9.47 Å². The van der Waals surface area contributed by atoms with Crippen LogP contribution in [0.15, 0.2) is 42.5 Å². The van der Waals surface area contributed by atoms with E-state index in [1.165, 1.54) is 4.90 Å². The van der Waals surface area contributed by atoms with Gasteiger partial charge < -0.3 is 20.1 Å². The summed E-state index contributed by atoms with van der Waals surface area (Å²) >= 11 is 0. The Morgan fingerprint density at radius 3 is 2.50 bits per heavy atom. The standard InChI is InChI=1S/C24H29N3O5/c1-23(2,3)26-21(29)15-10-11-19-18(12-15)27(22(30)24(4,5)32-19)14-20(28)25-16-8-7-9-17(13-16)31-6/h7-13H,14H2,1-6H3,(H,25,28)(H,26,29). The van der Waals surface area contributed by atoms with Crippen LogP contribution in [0.1, 0.15) is 45.0 Å². The molecule has 1 heterocycles. The molecule has 2 aromatic rings. The highest BCUT2D eigenvalue weighted by atomic mass is 16.5. The van der Waals surface area contributed by atoms with Crippen molar-refractivity contribution in [2.75, 3.05) is 23.9 Å². The lowest BCUT2D eigenvalue weighted by molar-refractivity contribution is -0.133. The van der Waals surface area contributed by atoms with Gasteiger partial charge in [0.1, 0.15) is 18.0 Å². The number of carbonyl (C=O) groups excluding carboxylic acids is 3. The van der Waals surface area contributed by atoms with E-state index in [1.54, 1.807) is 63.4 Å². The van der Waals surface area contributed by atoms with E-state index >= 15 is 0 Å². The van der Waals surface area contributed by atoms with Crippen molar-refractivity contribution in [1.82, 2.24) is 5.32 Å². The maximum atomic E-state index is 13.1. The van der Waals surface area contributed by atoms with Gasteiger partial charge in [-0.25, -0.2) is 0 Å². The number of ether oxygens (including phenoxy) is 2. The molecular formula is C24H29N3O5. The molecule has 2 aromatic carbocycles. The minimum atomic E-state index is -1.15. The van der Waals surface area contributed by atoms with Crippen molar-refractivity contribution >= 4 is 29.1 Å². The molecule has 0 saturated heterocycles. The molecule has 0 spiro atoms. The number of methoxy groups -OCH3 is 1. The van der Waals surface area contributed by atoms with Gasteiger partial charge in [0.15, 0.2) is 5.60 Å². The van der Waals surface area contributed by atoms with E-state index in [2.05, 4.69) is 10.6 Å². The zero-order valence-electron chi connectivity index (χ0n) is 19.2. The topological polar surface area (TPSA) is 97.0 Å². The average Bonchev–Trinajstić information content (AvgIpc) is 2.69. The molecule has 0 saturated carbocycles. The van der Waals surface area contributed by atoms with E-state index < -0.39 is 11.1 Å². The van der Waals surface area contributed by atoms with E-state index in [-0.39, 0.29) is 24.3 Å². The van der Waals surface area contributed by atoms with Gasteiger partial charge in [-0.05, 0) is 65.0 Å². The lowest BCUT2D eigenvalue weighted by Crippen LogP contribution is -2.54. The van der Waals surface area contributed by atoms with Gasteiger partial charge in [-0.1, -0.05) is 6.07 Å². The van der Waals surface area contributed by atoms with Crippen LogP contribution in [0.5, 0.6) is 11.5 Å². The summed E-state index contributed by atoms with van der Waals surface area (Å²) in [6, 6.07) is 11.8. The van der Waals surface area contributed by atoms with Gasteiger partial charge >= 0.3 is 0 Å². The summed E-state index contributed by atoms with van der Waals surface area (Å²) in [6.07, 6.45) is 0. The molecule has 8 heteroatoms. The first-order valence-electron chi connectivity index (χ1n) is 10.3. The molecule has 0 fully saturated rings. The van der Waals surface area contributed by atoms with Gasteiger partial charge in [0.25, 0.3) is 11.8 Å². The summed E-state index contributed by atoms with van der Waals surface area (Å²) < 4.78 is 11.0. The van der Waals surface area contributed by atoms with Crippen molar-refractivity contribution in [3.63, 3.8) is 0 Å². The summed E-state index contributed by atoms with van der Waals surface area (Å²) in [4.78, 5) is 39.9. The molecule has 0 atom stereocenters. The first kappa shape index (κ1) is 23.1. The van der Waals surface area contributed by atoms with Crippen molar-refractivity contribution in [3.8, 4) is 11.5 Å². The van der Waals surface area contributed by atoms with Crippen LogP contribution >= 0.6 is 0 Å². The molecule has 0 aromatic heterocycles. The predicted octanol–water partition coefficient (Wildman–Crippen LogP) is 3.37. The van der Waals surface area contributed by atoms with Crippen molar-refractivity contribution in [3.05, 3.63) is 48.0 Å². The van der Waals surface area contributed by atoms with E-state index in [9.17, 15) is 14.4 Å². The Morgan fingerprint density at radius 1 is 1.12 bits per heavy atom. The molecule has 32 heavy (non-hydrogen) atoms. The third-order valence-electron chi connectivity index (χ3n) is 4.78. The lowest BCUT2D eigenvalue weighted by Gasteiger charge is -2.38. The normalized spacial score (nSPS) is 14.8. The number of amides is 3. The Hall–Kier alpha value is -3.55. The van der Waals surface area contributed by atoms with Gasteiger partial charge in [-0.3, -0.25) is 19.3 Å². The first-order chi connectivity index (χ1) is 14.9. The molecule has 0 bridgehead atoms. The van der Waals surface area contributed by atoms with E-state index in [1.807, 2.05) is 20.8 Å². The number of benzene rings is 2. The summed E-state index contributed by atoms with van der Waals surface area (Å²) in [6.45, 7) is 8.70. The lowest BCUT2D eigenvalue weighted by atomic mass is 10.0. The van der Waals surface area contributed by atoms with Crippen LogP contribution in [0, 0.1) is 0 Å². The zero-order chi connectivity index (χ0) is 23.7. The second-order valence-electron chi connectivity index (χ2n) is 9.17. The fourth-order valence-electron chi connectivity index (χ4n) is 3.32. The van der Waals surface area contributed by atoms with Crippen molar-refractivity contribution in [2.24, 2.45) is 0 Å². The first-order valence-corrected chi connectivity index (χ1v) is 10.3. The molecule has 1 aliphatic heterocycles. The molecule has 0 aliphatic carbocycles. The number of nitrogens with one attached hydrogen (secondary N) is 2. The zero-order valence-corrected chi connectivity index (χ0v) is 19.2. The molecular weight excluding hydrogens is 410 g/mol. The Balaban J connectivity index is 1.89. The van der Waals surface area contributed by atoms with Crippen LogP contribution < -0.4 is 25.0 Å². The van der Waals surface area contributed by atoms with Crippen molar-refractivity contribution < 1.29 is 23.9 Å². The molecule has 2 N–H and O–H groups in total. The van der Waals surface area contributed by atoms with Crippen LogP contribution in [0.4, 0.5) is 11.4 Å². The molecule has 3 amide bonds. The summed E-state index contributed by atoms with van der Waals surface area (Å²) in [5.74, 6) is -0.0142. The Morgan fingerprint density at radius 2 is 1.84 bits per heavy atom. The Kier molecular flexibility index (Phi) is 6.16. The molecule has 0 unspecified atom stereocenters. The predicted molar refractivity (Wildman–Crippen MR) is 122 cm³/mol. The van der Waals surface area contributed by atoms with Crippen molar-refractivity contribution in [2.45, 2.75) is 45.8 Å². The Labute approximate surface area is 187 Å². The number of fused-ring (bicyclic) bond motifs is 1. The summed E-state index contributed by atoms with van der Waals surface area (Å²) in [7, 11) is 1.54. The van der Waals surface area contributed by atoms with Gasteiger partial charge in [0.05, 0.1) is 12.8 Å². The van der Waals surface area contributed by atoms with Crippen LogP contribution in [0.3, 0.4) is 0 Å². The monoisotopic (exact) mass is 439 g/mol. The highest BCUT2D eigenvalue weighted by Crippen LogP contribution is 2.38. The van der Waals surface area contributed by atoms with Gasteiger partial charge in [0.2, 0.25) is 5.91 Å². The van der Waals surface area contributed by atoms with Gasteiger partial charge in [-0.15, -0.1) is 0 Å². The molecule has 0 radical (unpaired) electrons. The Bertz CT molecular complexity index is 1060.